The molecule has 2 heteroatoms. The van der Waals surface area contributed by atoms with E-state index in [9.17, 15) is 10.2 Å². The molecular formula is C22H34O2. The van der Waals surface area contributed by atoms with Crippen molar-refractivity contribution in [2.45, 2.75) is 70.8 Å². The first-order chi connectivity index (χ1) is 11.5. The fraction of sp³-hybridized carbons (Fsp3) is 0.818. The molecule has 7 atom stereocenters. The van der Waals surface area contributed by atoms with Gasteiger partial charge in [-0.25, -0.2) is 0 Å². The highest BCUT2D eigenvalue weighted by atomic mass is 16.3. The molecule has 4 rings (SSSR count). The molecule has 2 N–H and O–H groups in total. The third-order valence-electron chi connectivity index (χ3n) is 8.36. The van der Waals surface area contributed by atoms with E-state index >= 15 is 0 Å². The average molecular weight is 331 g/mol. The summed E-state index contributed by atoms with van der Waals surface area (Å²) in [5.74, 6) is 2.52. The average Bonchev–Trinajstić information content (AvgIpc) is 2.93. The summed E-state index contributed by atoms with van der Waals surface area (Å²) >= 11 is 0. The Morgan fingerprint density at radius 2 is 2.12 bits per heavy atom. The fourth-order valence-electron chi connectivity index (χ4n) is 7.08. The molecule has 0 heterocycles. The molecule has 2 fully saturated rings. The Bertz CT molecular complexity index is 550. The van der Waals surface area contributed by atoms with Crippen molar-refractivity contribution in [2.75, 3.05) is 6.61 Å². The second-order valence-corrected chi connectivity index (χ2v) is 9.56. The molecule has 134 valence electrons. The molecule has 2 bridgehead atoms. The SMILES string of the molecule is C[C@H](CO)[C@H]1CCC2[C@]3(O)C/C=C4/C=CCC(C4)CC3CC[C@@]21C. The van der Waals surface area contributed by atoms with Crippen molar-refractivity contribution < 1.29 is 10.2 Å². The van der Waals surface area contributed by atoms with Gasteiger partial charge in [0.2, 0.25) is 0 Å². The van der Waals surface area contributed by atoms with Gasteiger partial charge in [-0.05, 0) is 86.4 Å². The molecule has 24 heavy (non-hydrogen) atoms. The second-order valence-electron chi connectivity index (χ2n) is 9.56. The minimum absolute atomic E-state index is 0.204. The summed E-state index contributed by atoms with van der Waals surface area (Å²) in [5, 5.41) is 21.6. The molecule has 0 radical (unpaired) electrons. The molecule has 2 saturated carbocycles. The lowest BCUT2D eigenvalue weighted by Gasteiger charge is -2.55. The van der Waals surface area contributed by atoms with E-state index in [1.165, 1.54) is 44.1 Å². The summed E-state index contributed by atoms with van der Waals surface area (Å²) in [4.78, 5) is 0. The normalized spacial score (nSPS) is 50.9. The highest BCUT2D eigenvalue weighted by molar-refractivity contribution is 5.26. The van der Waals surface area contributed by atoms with Gasteiger partial charge < -0.3 is 10.2 Å². The molecule has 4 aliphatic carbocycles. The van der Waals surface area contributed by atoms with Gasteiger partial charge in [-0.1, -0.05) is 37.6 Å². The van der Waals surface area contributed by atoms with Crippen molar-refractivity contribution in [1.29, 1.82) is 0 Å². The molecule has 0 aliphatic heterocycles. The van der Waals surface area contributed by atoms with E-state index in [0.29, 0.717) is 23.7 Å². The Labute approximate surface area is 147 Å². The van der Waals surface area contributed by atoms with Gasteiger partial charge in [0.25, 0.3) is 0 Å². The minimum Gasteiger partial charge on any atom is -0.396 e. The summed E-state index contributed by atoms with van der Waals surface area (Å²) in [6.07, 6.45) is 16.1. The van der Waals surface area contributed by atoms with Crippen LogP contribution in [0.3, 0.4) is 0 Å². The number of aliphatic hydroxyl groups excluding tert-OH is 1. The van der Waals surface area contributed by atoms with Crippen molar-refractivity contribution in [1.82, 2.24) is 0 Å². The van der Waals surface area contributed by atoms with Crippen LogP contribution in [0.25, 0.3) is 0 Å². The molecule has 2 nitrogen and oxygen atoms in total. The van der Waals surface area contributed by atoms with Gasteiger partial charge in [0.1, 0.15) is 0 Å². The number of rotatable bonds is 2. The van der Waals surface area contributed by atoms with Crippen LogP contribution < -0.4 is 0 Å². The molecule has 3 unspecified atom stereocenters. The Balaban J connectivity index is 1.67. The van der Waals surface area contributed by atoms with Gasteiger partial charge >= 0.3 is 0 Å². The number of fused-ring (bicyclic) bond motifs is 5. The van der Waals surface area contributed by atoms with Crippen LogP contribution in [0, 0.1) is 35.0 Å². The maximum absolute atomic E-state index is 11.9. The van der Waals surface area contributed by atoms with Crippen LogP contribution >= 0.6 is 0 Å². The lowest BCUT2D eigenvalue weighted by atomic mass is 9.52. The summed E-state index contributed by atoms with van der Waals surface area (Å²) < 4.78 is 0. The molecule has 0 saturated heterocycles. The smallest absolute Gasteiger partial charge is 0.0743 e. The van der Waals surface area contributed by atoms with Crippen LogP contribution in [-0.4, -0.2) is 22.4 Å². The van der Waals surface area contributed by atoms with E-state index in [-0.39, 0.29) is 12.0 Å². The first-order valence-electron chi connectivity index (χ1n) is 10.2. The zero-order valence-corrected chi connectivity index (χ0v) is 15.4. The molecule has 0 spiro atoms. The maximum Gasteiger partial charge on any atom is 0.0743 e. The Morgan fingerprint density at radius 1 is 1.29 bits per heavy atom. The van der Waals surface area contributed by atoms with E-state index in [2.05, 4.69) is 32.1 Å². The topological polar surface area (TPSA) is 40.5 Å². The quantitative estimate of drug-likeness (QED) is 0.784. The van der Waals surface area contributed by atoms with Gasteiger partial charge in [0, 0.05) is 6.61 Å². The number of hydrogen-bond donors (Lipinski definition) is 2. The number of allylic oxidation sites excluding steroid dienone is 3. The predicted molar refractivity (Wildman–Crippen MR) is 97.4 cm³/mol. The summed E-state index contributed by atoms with van der Waals surface area (Å²) in [6, 6.07) is 0. The molecular weight excluding hydrogens is 296 g/mol. The zero-order valence-electron chi connectivity index (χ0n) is 15.4. The van der Waals surface area contributed by atoms with Crippen molar-refractivity contribution in [3.63, 3.8) is 0 Å². The highest BCUT2D eigenvalue weighted by Crippen LogP contribution is 2.64. The zero-order chi connectivity index (χ0) is 16.9. The molecule has 0 aromatic rings. The van der Waals surface area contributed by atoms with Crippen LogP contribution in [0.1, 0.15) is 65.2 Å². The second kappa shape index (κ2) is 5.99. The maximum atomic E-state index is 11.9. The number of aliphatic hydroxyl groups is 2. The van der Waals surface area contributed by atoms with E-state index in [1.807, 2.05) is 0 Å². The summed E-state index contributed by atoms with van der Waals surface area (Å²) in [6.45, 7) is 4.90. The van der Waals surface area contributed by atoms with Gasteiger partial charge in [0.15, 0.2) is 0 Å². The van der Waals surface area contributed by atoms with Crippen molar-refractivity contribution >= 4 is 0 Å². The minimum atomic E-state index is -0.522. The van der Waals surface area contributed by atoms with Crippen LogP contribution in [0.2, 0.25) is 0 Å². The Hall–Kier alpha value is -0.600. The number of hydrogen-bond acceptors (Lipinski definition) is 2. The predicted octanol–water partition coefficient (Wildman–Crippen LogP) is 4.47. The van der Waals surface area contributed by atoms with Crippen molar-refractivity contribution in [2.24, 2.45) is 35.0 Å². The van der Waals surface area contributed by atoms with Crippen LogP contribution in [0.15, 0.2) is 23.8 Å². The van der Waals surface area contributed by atoms with Crippen LogP contribution in [0.4, 0.5) is 0 Å². The lowest BCUT2D eigenvalue weighted by Crippen LogP contribution is -2.56. The third kappa shape index (κ3) is 2.44. The largest absolute Gasteiger partial charge is 0.396 e. The first kappa shape index (κ1) is 16.8. The standard InChI is InChI=1S/C22H34O2/c1-15(14-23)19-6-7-20-21(19,2)10-9-18-13-17-5-3-4-16(12-17)8-11-22(18,20)24/h3-4,8,15,17-20,23-24H,5-7,9-14H2,1-2H3/b16-8-/t15-,17?,18?,19-,20?,21-,22+/m1/s1. The van der Waals surface area contributed by atoms with E-state index in [1.54, 1.807) is 0 Å². The van der Waals surface area contributed by atoms with Crippen molar-refractivity contribution in [3.8, 4) is 0 Å². The van der Waals surface area contributed by atoms with E-state index in [4.69, 9.17) is 0 Å². The fourth-order valence-corrected chi connectivity index (χ4v) is 7.08. The highest BCUT2D eigenvalue weighted by Gasteiger charge is 2.60. The van der Waals surface area contributed by atoms with E-state index < -0.39 is 5.60 Å². The molecule has 4 aliphatic rings. The van der Waals surface area contributed by atoms with E-state index in [0.717, 1.165) is 18.8 Å². The summed E-state index contributed by atoms with van der Waals surface area (Å²) in [5.41, 5.74) is 1.13. The Morgan fingerprint density at radius 3 is 2.92 bits per heavy atom. The molecule has 0 aromatic carbocycles. The monoisotopic (exact) mass is 330 g/mol. The van der Waals surface area contributed by atoms with Gasteiger partial charge in [-0.2, -0.15) is 0 Å². The van der Waals surface area contributed by atoms with Gasteiger partial charge in [-0.3, -0.25) is 0 Å². The summed E-state index contributed by atoms with van der Waals surface area (Å²) in [7, 11) is 0. The van der Waals surface area contributed by atoms with Crippen LogP contribution in [0.5, 0.6) is 0 Å². The van der Waals surface area contributed by atoms with Gasteiger partial charge in [-0.15, -0.1) is 0 Å². The Kier molecular flexibility index (Phi) is 4.20. The lowest BCUT2D eigenvalue weighted by molar-refractivity contribution is -0.152. The third-order valence-corrected chi connectivity index (χ3v) is 8.36. The first-order valence-corrected chi connectivity index (χ1v) is 10.2. The molecule has 0 amide bonds. The van der Waals surface area contributed by atoms with Crippen molar-refractivity contribution in [3.05, 3.63) is 23.8 Å². The molecule has 0 aromatic heterocycles. The van der Waals surface area contributed by atoms with Gasteiger partial charge in [0.05, 0.1) is 5.60 Å². The van der Waals surface area contributed by atoms with Crippen LogP contribution in [-0.2, 0) is 0 Å².